The Hall–Kier alpha value is -1.07. The number of rotatable bonds is 6. The predicted molar refractivity (Wildman–Crippen MR) is 72.0 cm³/mol. The molecule has 0 aliphatic heterocycles. The average molecular weight is 255 g/mol. The maximum absolute atomic E-state index is 5.91. The first-order valence-corrected chi connectivity index (χ1v) is 6.23. The number of aryl methyl sites for hydroxylation is 2. The lowest BCUT2D eigenvalue weighted by molar-refractivity contribution is 0.0706. The van der Waals surface area contributed by atoms with Gasteiger partial charge < -0.3 is 14.8 Å². The van der Waals surface area contributed by atoms with E-state index in [-0.39, 0.29) is 11.6 Å². The van der Waals surface area contributed by atoms with E-state index in [9.17, 15) is 0 Å². The van der Waals surface area contributed by atoms with Crippen LogP contribution in [-0.4, -0.2) is 41.7 Å². The summed E-state index contributed by atoms with van der Waals surface area (Å²) in [5.41, 5.74) is 1.02. The molecule has 1 aromatic rings. The van der Waals surface area contributed by atoms with Crippen LogP contribution in [0.1, 0.15) is 26.5 Å². The van der Waals surface area contributed by atoms with Crippen LogP contribution in [0.25, 0.3) is 0 Å². The molecule has 0 radical (unpaired) electrons. The zero-order valence-electron chi connectivity index (χ0n) is 12.3. The molecule has 5 nitrogen and oxygen atoms in total. The highest BCUT2D eigenvalue weighted by Gasteiger charge is 2.17. The first kappa shape index (κ1) is 15.0. The van der Waals surface area contributed by atoms with Crippen LogP contribution >= 0.6 is 0 Å². The van der Waals surface area contributed by atoms with Crippen LogP contribution in [0.3, 0.4) is 0 Å². The Morgan fingerprint density at radius 1 is 1.44 bits per heavy atom. The number of hydrogen-bond donors (Lipinski definition) is 1. The fourth-order valence-corrected chi connectivity index (χ4v) is 1.61. The second-order valence-corrected chi connectivity index (χ2v) is 5.57. The van der Waals surface area contributed by atoms with Crippen LogP contribution in [0.5, 0.6) is 5.88 Å². The van der Waals surface area contributed by atoms with Crippen molar-refractivity contribution < 1.29 is 9.47 Å². The largest absolute Gasteiger partial charge is 0.471 e. The Labute approximate surface area is 109 Å². The van der Waals surface area contributed by atoms with Crippen molar-refractivity contribution in [2.75, 3.05) is 20.3 Å². The summed E-state index contributed by atoms with van der Waals surface area (Å²) in [5.74, 6) is 0.769. The normalized spacial score (nSPS) is 13.7. The number of hydrogen-bond acceptors (Lipinski definition) is 4. The topological polar surface area (TPSA) is 48.3 Å². The summed E-state index contributed by atoms with van der Waals surface area (Å²) in [7, 11) is 3.56. The van der Waals surface area contributed by atoms with Gasteiger partial charge in [0.25, 0.3) is 0 Å². The van der Waals surface area contributed by atoms with Gasteiger partial charge in [0, 0.05) is 32.3 Å². The first-order chi connectivity index (χ1) is 8.31. The van der Waals surface area contributed by atoms with Crippen molar-refractivity contribution in [2.24, 2.45) is 7.05 Å². The van der Waals surface area contributed by atoms with Gasteiger partial charge in [-0.2, -0.15) is 5.10 Å². The lowest BCUT2D eigenvalue weighted by atomic mass is 10.1. The monoisotopic (exact) mass is 255 g/mol. The molecule has 0 spiro atoms. The third kappa shape index (κ3) is 5.06. The Balaban J connectivity index is 2.59. The van der Waals surface area contributed by atoms with Crippen LogP contribution in [-0.2, 0) is 11.8 Å². The average Bonchev–Trinajstić information content (AvgIpc) is 2.53. The molecule has 0 aliphatic rings. The van der Waals surface area contributed by atoms with Crippen molar-refractivity contribution in [2.45, 2.75) is 39.3 Å². The van der Waals surface area contributed by atoms with Crippen LogP contribution in [0, 0.1) is 6.92 Å². The minimum Gasteiger partial charge on any atom is -0.471 e. The number of aromatic nitrogens is 2. The van der Waals surface area contributed by atoms with Crippen LogP contribution in [0.2, 0.25) is 0 Å². The molecule has 0 aliphatic carbocycles. The maximum atomic E-state index is 5.91. The molecule has 1 unspecified atom stereocenters. The van der Waals surface area contributed by atoms with Crippen molar-refractivity contribution in [3.63, 3.8) is 0 Å². The fourth-order valence-electron chi connectivity index (χ4n) is 1.61. The predicted octanol–water partition coefficient (Wildman–Crippen LogP) is 1.51. The van der Waals surface area contributed by atoms with Crippen LogP contribution < -0.4 is 10.1 Å². The third-order valence-electron chi connectivity index (χ3n) is 2.46. The standard InChI is InChI=1S/C13H25N3O2/c1-10-7-12(16(5)15-10)18-11(9-17-6)8-14-13(2,3)4/h7,11,14H,8-9H2,1-6H3. The van der Waals surface area contributed by atoms with Gasteiger partial charge in [0.1, 0.15) is 6.10 Å². The summed E-state index contributed by atoms with van der Waals surface area (Å²) in [6, 6.07) is 1.93. The molecule has 1 heterocycles. The molecule has 0 amide bonds. The second-order valence-electron chi connectivity index (χ2n) is 5.57. The lowest BCUT2D eigenvalue weighted by Gasteiger charge is -2.25. The molecule has 1 aromatic heterocycles. The molecule has 0 bridgehead atoms. The van der Waals surface area contributed by atoms with Gasteiger partial charge in [0.05, 0.1) is 12.3 Å². The molecule has 1 N–H and O–H groups in total. The summed E-state index contributed by atoms with van der Waals surface area (Å²) in [5, 5.41) is 7.68. The van der Waals surface area contributed by atoms with E-state index in [4.69, 9.17) is 9.47 Å². The maximum Gasteiger partial charge on any atom is 0.212 e. The Morgan fingerprint density at radius 2 is 2.11 bits per heavy atom. The van der Waals surface area contributed by atoms with Gasteiger partial charge in [0.2, 0.25) is 5.88 Å². The molecule has 104 valence electrons. The summed E-state index contributed by atoms with van der Waals surface area (Å²) >= 11 is 0. The van der Waals surface area contributed by atoms with Gasteiger partial charge in [-0.25, -0.2) is 4.68 Å². The fraction of sp³-hybridized carbons (Fsp3) is 0.769. The van der Waals surface area contributed by atoms with E-state index >= 15 is 0 Å². The highest BCUT2D eigenvalue weighted by molar-refractivity contribution is 5.14. The van der Waals surface area contributed by atoms with Crippen molar-refractivity contribution in [3.8, 4) is 5.88 Å². The summed E-state index contributed by atoms with van der Waals surface area (Å²) in [6.45, 7) is 9.63. The minimum atomic E-state index is -0.0241. The molecule has 0 saturated heterocycles. The van der Waals surface area contributed by atoms with Gasteiger partial charge in [-0.15, -0.1) is 0 Å². The number of ether oxygens (including phenoxy) is 2. The first-order valence-electron chi connectivity index (χ1n) is 6.23. The van der Waals surface area contributed by atoms with Gasteiger partial charge in [0.15, 0.2) is 0 Å². The van der Waals surface area contributed by atoms with E-state index in [1.54, 1.807) is 11.8 Å². The number of nitrogens with zero attached hydrogens (tertiary/aromatic N) is 2. The van der Waals surface area contributed by atoms with Crippen LogP contribution in [0.15, 0.2) is 6.07 Å². The number of methoxy groups -OCH3 is 1. The van der Waals surface area contributed by atoms with Gasteiger partial charge in [-0.1, -0.05) is 0 Å². The van der Waals surface area contributed by atoms with Gasteiger partial charge in [-0.05, 0) is 27.7 Å². The zero-order valence-corrected chi connectivity index (χ0v) is 12.3. The highest BCUT2D eigenvalue weighted by Crippen LogP contribution is 2.13. The Kier molecular flexibility index (Phi) is 5.16. The van der Waals surface area contributed by atoms with E-state index in [1.165, 1.54) is 0 Å². The van der Waals surface area contributed by atoms with E-state index in [2.05, 4.69) is 31.2 Å². The summed E-state index contributed by atoms with van der Waals surface area (Å²) in [6.07, 6.45) is -0.0241. The SMILES string of the molecule is COCC(CNC(C)(C)C)Oc1cc(C)nn1C. The highest BCUT2D eigenvalue weighted by atomic mass is 16.5. The van der Waals surface area contributed by atoms with E-state index in [0.717, 1.165) is 18.1 Å². The lowest BCUT2D eigenvalue weighted by Crippen LogP contribution is -2.44. The van der Waals surface area contributed by atoms with E-state index < -0.39 is 0 Å². The van der Waals surface area contributed by atoms with E-state index in [0.29, 0.717) is 6.61 Å². The molecule has 5 heteroatoms. The molecule has 1 atom stereocenters. The minimum absolute atomic E-state index is 0.0241. The summed E-state index contributed by atoms with van der Waals surface area (Å²) < 4.78 is 12.9. The summed E-state index contributed by atoms with van der Waals surface area (Å²) in [4.78, 5) is 0. The van der Waals surface area contributed by atoms with Crippen molar-refractivity contribution in [1.29, 1.82) is 0 Å². The molecule has 1 rings (SSSR count). The molecular formula is C13H25N3O2. The van der Waals surface area contributed by atoms with Crippen molar-refractivity contribution in [1.82, 2.24) is 15.1 Å². The molecular weight excluding hydrogens is 230 g/mol. The Bertz CT molecular complexity index is 369. The molecule has 0 fully saturated rings. The quantitative estimate of drug-likeness (QED) is 0.837. The molecule has 0 saturated carbocycles. The second kappa shape index (κ2) is 6.20. The van der Waals surface area contributed by atoms with Gasteiger partial charge >= 0.3 is 0 Å². The van der Waals surface area contributed by atoms with E-state index in [1.807, 2.05) is 20.0 Å². The molecule has 0 aromatic carbocycles. The van der Waals surface area contributed by atoms with Gasteiger partial charge in [-0.3, -0.25) is 0 Å². The Morgan fingerprint density at radius 3 is 2.56 bits per heavy atom. The zero-order chi connectivity index (χ0) is 13.8. The smallest absolute Gasteiger partial charge is 0.212 e. The van der Waals surface area contributed by atoms with Crippen molar-refractivity contribution >= 4 is 0 Å². The molecule has 18 heavy (non-hydrogen) atoms. The van der Waals surface area contributed by atoms with Crippen molar-refractivity contribution in [3.05, 3.63) is 11.8 Å². The third-order valence-corrected chi connectivity index (χ3v) is 2.46. The number of nitrogens with one attached hydrogen (secondary N) is 1. The van der Waals surface area contributed by atoms with Crippen LogP contribution in [0.4, 0.5) is 0 Å².